The normalized spacial score (nSPS) is 11.5. The Morgan fingerprint density at radius 2 is 1.57 bits per heavy atom. The van der Waals surface area contributed by atoms with Crippen LogP contribution in [-0.4, -0.2) is 41.3 Å². The molecule has 35 heavy (non-hydrogen) atoms. The van der Waals surface area contributed by atoms with Gasteiger partial charge < -0.3 is 5.32 Å². The minimum absolute atomic E-state index is 0.0609. The molecule has 0 saturated heterocycles. The molecule has 0 aromatic heterocycles. The van der Waals surface area contributed by atoms with Crippen molar-refractivity contribution >= 4 is 60.4 Å². The summed E-state index contributed by atoms with van der Waals surface area (Å²) < 4.78 is 53.1. The highest BCUT2D eigenvalue weighted by atomic mass is 35.5. The van der Waals surface area contributed by atoms with E-state index in [1.165, 1.54) is 55.5 Å². The lowest BCUT2D eigenvalue weighted by molar-refractivity contribution is -0.114. The van der Waals surface area contributed by atoms with Crippen LogP contribution in [0.25, 0.3) is 0 Å². The van der Waals surface area contributed by atoms with Gasteiger partial charge in [0.1, 0.15) is 6.54 Å². The Hall–Kier alpha value is -3.41. The van der Waals surface area contributed by atoms with Crippen molar-refractivity contribution in [2.75, 3.05) is 27.1 Å². The molecule has 0 radical (unpaired) electrons. The topological polar surface area (TPSA) is 130 Å². The molecule has 0 saturated carbocycles. The number of carbonyl (C=O) groups excluding carboxylic acids is 2. The molecule has 0 unspecified atom stereocenters. The van der Waals surface area contributed by atoms with Crippen LogP contribution in [0.15, 0.2) is 77.7 Å². The van der Waals surface area contributed by atoms with Gasteiger partial charge in [-0.3, -0.25) is 18.6 Å². The highest BCUT2D eigenvalue weighted by Crippen LogP contribution is 2.25. The zero-order valence-electron chi connectivity index (χ0n) is 18.7. The SMILES string of the molecule is CC(=O)c1cccc(N(CC(=O)Nc2ccc(S(=O)(=O)Nc3ccccc3Cl)cc2)S(C)(=O)=O)c1. The Morgan fingerprint density at radius 1 is 0.914 bits per heavy atom. The summed E-state index contributed by atoms with van der Waals surface area (Å²) in [6.07, 6.45) is 0.951. The molecule has 1 amide bonds. The van der Waals surface area contributed by atoms with Crippen LogP contribution in [-0.2, 0) is 24.8 Å². The molecule has 184 valence electrons. The number of nitrogens with zero attached hydrogens (tertiary/aromatic N) is 1. The number of benzene rings is 3. The average Bonchev–Trinajstić information content (AvgIpc) is 2.78. The van der Waals surface area contributed by atoms with E-state index in [0.717, 1.165) is 10.6 Å². The number of hydrogen-bond donors (Lipinski definition) is 2. The lowest BCUT2D eigenvalue weighted by atomic mass is 10.1. The molecule has 0 bridgehead atoms. The summed E-state index contributed by atoms with van der Waals surface area (Å²) in [5, 5.41) is 2.78. The van der Waals surface area contributed by atoms with Crippen LogP contribution >= 0.6 is 11.6 Å². The van der Waals surface area contributed by atoms with Crippen LogP contribution in [0.2, 0.25) is 5.02 Å². The highest BCUT2D eigenvalue weighted by molar-refractivity contribution is 7.92. The van der Waals surface area contributed by atoms with Gasteiger partial charge in [-0.25, -0.2) is 16.8 Å². The quantitative estimate of drug-likeness (QED) is 0.401. The first-order valence-corrected chi connectivity index (χ1v) is 13.8. The summed E-state index contributed by atoms with van der Waals surface area (Å²) in [5.74, 6) is -0.905. The van der Waals surface area contributed by atoms with Gasteiger partial charge in [-0.15, -0.1) is 0 Å². The average molecular weight is 536 g/mol. The molecule has 12 heteroatoms. The van der Waals surface area contributed by atoms with Crippen molar-refractivity contribution in [2.24, 2.45) is 0 Å². The first kappa shape index (κ1) is 26.2. The fourth-order valence-electron chi connectivity index (χ4n) is 3.08. The molecule has 0 heterocycles. The van der Waals surface area contributed by atoms with E-state index in [4.69, 9.17) is 11.6 Å². The second-order valence-corrected chi connectivity index (χ2v) is 11.5. The van der Waals surface area contributed by atoms with E-state index in [1.54, 1.807) is 24.3 Å². The molecule has 3 aromatic rings. The number of anilines is 3. The second-order valence-electron chi connectivity index (χ2n) is 7.53. The molecular weight excluding hydrogens is 514 g/mol. The maximum absolute atomic E-state index is 12.6. The van der Waals surface area contributed by atoms with E-state index in [1.807, 2.05) is 0 Å². The van der Waals surface area contributed by atoms with Crippen molar-refractivity contribution in [2.45, 2.75) is 11.8 Å². The fraction of sp³-hybridized carbons (Fsp3) is 0.130. The number of halogens is 1. The van der Waals surface area contributed by atoms with Gasteiger partial charge in [0.25, 0.3) is 10.0 Å². The molecule has 0 fully saturated rings. The van der Waals surface area contributed by atoms with E-state index in [-0.39, 0.29) is 32.8 Å². The predicted octanol–water partition coefficient (Wildman–Crippen LogP) is 3.75. The molecular formula is C23H22ClN3O6S2. The summed E-state index contributed by atoms with van der Waals surface area (Å²) in [6.45, 7) is 0.804. The number of amides is 1. The van der Waals surface area contributed by atoms with Crippen LogP contribution in [0.5, 0.6) is 0 Å². The summed E-state index contributed by atoms with van der Waals surface area (Å²) in [5.41, 5.74) is 0.958. The Bertz CT molecular complexity index is 1470. The van der Waals surface area contributed by atoms with Gasteiger partial charge in [0.2, 0.25) is 15.9 Å². The lowest BCUT2D eigenvalue weighted by Gasteiger charge is -2.22. The van der Waals surface area contributed by atoms with E-state index >= 15 is 0 Å². The van der Waals surface area contributed by atoms with Gasteiger partial charge in [0, 0.05) is 11.3 Å². The van der Waals surface area contributed by atoms with E-state index in [9.17, 15) is 26.4 Å². The number of ketones is 1. The number of hydrogen-bond acceptors (Lipinski definition) is 6. The van der Waals surface area contributed by atoms with Gasteiger partial charge in [-0.05, 0) is 55.5 Å². The van der Waals surface area contributed by atoms with E-state index in [2.05, 4.69) is 10.0 Å². The molecule has 0 aliphatic rings. The Labute approximate surface area is 208 Å². The van der Waals surface area contributed by atoms with Crippen molar-refractivity contribution in [3.63, 3.8) is 0 Å². The smallest absolute Gasteiger partial charge is 0.261 e. The van der Waals surface area contributed by atoms with Gasteiger partial charge in [-0.1, -0.05) is 35.9 Å². The second kappa shape index (κ2) is 10.5. The van der Waals surface area contributed by atoms with Crippen LogP contribution in [0.4, 0.5) is 17.1 Å². The first-order chi connectivity index (χ1) is 16.4. The van der Waals surface area contributed by atoms with Crippen molar-refractivity contribution in [3.05, 3.63) is 83.4 Å². The lowest BCUT2D eigenvalue weighted by Crippen LogP contribution is -2.37. The third-order valence-electron chi connectivity index (χ3n) is 4.79. The Morgan fingerprint density at radius 3 is 2.17 bits per heavy atom. The van der Waals surface area contributed by atoms with Crippen molar-refractivity contribution < 1.29 is 26.4 Å². The largest absolute Gasteiger partial charge is 0.325 e. The zero-order chi connectivity index (χ0) is 25.8. The molecule has 0 spiro atoms. The molecule has 2 N–H and O–H groups in total. The van der Waals surface area contributed by atoms with Gasteiger partial charge >= 0.3 is 0 Å². The Kier molecular flexibility index (Phi) is 7.83. The maximum atomic E-state index is 12.6. The first-order valence-electron chi connectivity index (χ1n) is 10.1. The number of carbonyl (C=O) groups is 2. The number of Topliss-reactive ketones (excluding diaryl/α,β-unsaturated/α-hetero) is 1. The number of nitrogens with one attached hydrogen (secondary N) is 2. The number of sulfonamides is 2. The predicted molar refractivity (Wildman–Crippen MR) is 136 cm³/mol. The molecule has 0 aliphatic heterocycles. The van der Waals surface area contributed by atoms with Gasteiger partial charge in [-0.2, -0.15) is 0 Å². The standard InChI is InChI=1S/C23H22ClN3O6S2/c1-16(28)17-6-5-7-19(14-17)27(34(2,30)31)15-23(29)25-18-10-12-20(13-11-18)35(32,33)26-22-9-4-3-8-21(22)24/h3-14,26H,15H2,1-2H3,(H,25,29). The van der Waals surface area contributed by atoms with E-state index < -0.39 is 32.5 Å². The zero-order valence-corrected chi connectivity index (χ0v) is 21.1. The van der Waals surface area contributed by atoms with Crippen LogP contribution in [0, 0.1) is 0 Å². The third-order valence-corrected chi connectivity index (χ3v) is 7.65. The maximum Gasteiger partial charge on any atom is 0.261 e. The fourth-order valence-corrected chi connectivity index (χ4v) is 5.24. The summed E-state index contributed by atoms with van der Waals surface area (Å²) in [6, 6.07) is 17.7. The van der Waals surface area contributed by atoms with Gasteiger partial charge in [0.05, 0.1) is 27.5 Å². The summed E-state index contributed by atoms with van der Waals surface area (Å²) >= 11 is 6.00. The molecule has 3 aromatic carbocycles. The summed E-state index contributed by atoms with van der Waals surface area (Å²) in [7, 11) is -7.77. The number of para-hydroxylation sites is 1. The molecule has 3 rings (SSSR count). The minimum Gasteiger partial charge on any atom is -0.325 e. The molecule has 0 atom stereocenters. The van der Waals surface area contributed by atoms with Gasteiger partial charge in [0.15, 0.2) is 5.78 Å². The van der Waals surface area contributed by atoms with Crippen molar-refractivity contribution in [1.82, 2.24) is 0 Å². The third kappa shape index (κ3) is 6.81. The van der Waals surface area contributed by atoms with Crippen molar-refractivity contribution in [3.8, 4) is 0 Å². The molecule has 9 nitrogen and oxygen atoms in total. The number of rotatable bonds is 9. The summed E-state index contributed by atoms with van der Waals surface area (Å²) in [4.78, 5) is 24.2. The van der Waals surface area contributed by atoms with Crippen LogP contribution < -0.4 is 14.3 Å². The minimum atomic E-state index is -3.93. The highest BCUT2D eigenvalue weighted by Gasteiger charge is 2.22. The molecule has 0 aliphatic carbocycles. The van der Waals surface area contributed by atoms with Crippen molar-refractivity contribution in [1.29, 1.82) is 0 Å². The van der Waals surface area contributed by atoms with Crippen LogP contribution in [0.1, 0.15) is 17.3 Å². The van der Waals surface area contributed by atoms with E-state index in [0.29, 0.717) is 5.56 Å². The monoisotopic (exact) mass is 535 g/mol. The Balaban J connectivity index is 1.74. The van der Waals surface area contributed by atoms with Crippen LogP contribution in [0.3, 0.4) is 0 Å².